The van der Waals surface area contributed by atoms with Gasteiger partial charge in [-0.05, 0) is 12.5 Å². The molecule has 40 heavy (non-hydrogen) atoms. The van der Waals surface area contributed by atoms with Gasteiger partial charge in [0.25, 0.3) is 5.82 Å². The van der Waals surface area contributed by atoms with Gasteiger partial charge in [0.1, 0.15) is 12.2 Å². The van der Waals surface area contributed by atoms with Gasteiger partial charge in [-0.3, -0.25) is 0 Å². The molecule has 0 bridgehead atoms. The van der Waals surface area contributed by atoms with Crippen molar-refractivity contribution in [2.45, 2.75) is 19.9 Å². The molecule has 0 N–H and O–H groups in total. The zero-order chi connectivity index (χ0) is 27.8. The minimum Gasteiger partial charge on any atom is -0.228 e. The summed E-state index contributed by atoms with van der Waals surface area (Å²) in [6.07, 6.45) is 0.805. The summed E-state index contributed by atoms with van der Waals surface area (Å²) < 4.78 is 4.02. The molecule has 1 atom stereocenters. The summed E-state index contributed by atoms with van der Waals surface area (Å²) in [4.78, 5) is 0. The van der Waals surface area contributed by atoms with Crippen LogP contribution >= 0.6 is 0 Å². The summed E-state index contributed by atoms with van der Waals surface area (Å²) in [5.74, 6) is 1.04. The molecule has 0 unspecified atom stereocenters. The van der Waals surface area contributed by atoms with Gasteiger partial charge in [-0.15, -0.1) is 4.68 Å². The molecule has 1 aromatic heterocycles. The molecule has 0 fully saturated rings. The third kappa shape index (κ3) is 5.53. The third-order valence-corrected chi connectivity index (χ3v) is 7.87. The number of aryl methyl sites for hydroxylation is 2. The van der Waals surface area contributed by atoms with E-state index in [9.17, 15) is 0 Å². The number of hydrogen-bond donors (Lipinski definition) is 0. The van der Waals surface area contributed by atoms with Crippen molar-refractivity contribution in [3.63, 3.8) is 0 Å². The molecule has 0 radical (unpaired) electrons. The third-order valence-electron chi connectivity index (χ3n) is 7.87. The zero-order valence-corrected chi connectivity index (χ0v) is 23.5. The smallest absolute Gasteiger partial charge is 0.228 e. The second-order valence-electron chi connectivity index (χ2n) is 10.3. The van der Waals surface area contributed by atoms with Crippen LogP contribution in [0.5, 0.6) is 0 Å². The monoisotopic (exact) mass is 521 g/mol. The Kier molecular flexibility index (Phi) is 8.36. The van der Waals surface area contributed by atoms with Crippen molar-refractivity contribution in [1.82, 2.24) is 9.78 Å². The number of benzene rings is 5. The highest BCUT2D eigenvalue weighted by Gasteiger charge is 2.31. The average Bonchev–Trinajstić information content (AvgIpc) is 3.37. The van der Waals surface area contributed by atoms with Crippen molar-refractivity contribution >= 4 is 28.0 Å². The molecule has 0 aliphatic rings. The van der Waals surface area contributed by atoms with E-state index in [0.717, 1.165) is 5.82 Å². The van der Waals surface area contributed by atoms with Crippen LogP contribution in [0, 0.1) is 6.92 Å². The number of aromatic nitrogens is 3. The molecule has 6 aromatic rings. The summed E-state index contributed by atoms with van der Waals surface area (Å²) >= 11 is 0. The van der Waals surface area contributed by atoms with E-state index in [-0.39, 0.29) is 0 Å². The molecule has 1 heterocycles. The summed E-state index contributed by atoms with van der Waals surface area (Å²) in [5.41, 5.74) is 6.66. The van der Waals surface area contributed by atoms with Crippen LogP contribution in [0.4, 0.5) is 0 Å². The van der Waals surface area contributed by atoms with Crippen LogP contribution in [-0.2, 0) is 7.05 Å². The predicted octanol–water partition coefficient (Wildman–Crippen LogP) is 4.69. The van der Waals surface area contributed by atoms with E-state index in [0.29, 0.717) is 6.04 Å². The minimum atomic E-state index is -1.22. The first kappa shape index (κ1) is 26.9. The van der Waals surface area contributed by atoms with Crippen LogP contribution in [0.1, 0.15) is 24.4 Å². The summed E-state index contributed by atoms with van der Waals surface area (Å²) in [6, 6.07) is 54.3. The first-order valence-electron chi connectivity index (χ1n) is 13.9. The van der Waals surface area contributed by atoms with Crippen LogP contribution in [0.2, 0.25) is 0 Å². The maximum Gasteiger partial charge on any atom is 0.274 e. The van der Waals surface area contributed by atoms with Crippen LogP contribution in [-0.4, -0.2) is 15.9 Å². The fourth-order valence-electron chi connectivity index (χ4n) is 5.96. The van der Waals surface area contributed by atoms with Crippen molar-refractivity contribution in [3.8, 4) is 0 Å². The number of nitrogens with zero attached hydrogens (tertiary/aromatic N) is 3. The zero-order valence-electron chi connectivity index (χ0n) is 23.5. The fourth-order valence-corrected chi connectivity index (χ4v) is 5.96. The van der Waals surface area contributed by atoms with E-state index >= 15 is 0 Å². The Morgan fingerprint density at radius 3 is 1.18 bits per heavy atom. The maximum absolute atomic E-state index is 4.34. The lowest BCUT2D eigenvalue weighted by Gasteiger charge is -2.44. The molecule has 0 aliphatic carbocycles. The van der Waals surface area contributed by atoms with Gasteiger partial charge in [0, 0.05) is 12.0 Å². The molecule has 5 aromatic carbocycles. The van der Waals surface area contributed by atoms with Gasteiger partial charge in [-0.25, -0.2) is 4.57 Å². The van der Waals surface area contributed by atoms with Crippen molar-refractivity contribution in [1.29, 1.82) is 0 Å². The lowest BCUT2D eigenvalue weighted by Crippen LogP contribution is -2.74. The van der Waals surface area contributed by atoms with Gasteiger partial charge in [-0.1, -0.05) is 152 Å². The van der Waals surface area contributed by atoms with Crippen LogP contribution < -0.4 is 26.4 Å². The molecule has 0 aliphatic heterocycles. The Labute approximate surface area is 238 Å². The SMILES string of the molecule is Cc1nn(C)c[n+]1[C@H](C)c1ccccc1.c1ccc([B-](c2ccccc2)(c2ccccc2)c2ccccc2)cc1. The first-order chi connectivity index (χ1) is 19.6. The highest BCUT2D eigenvalue weighted by Crippen LogP contribution is 2.11. The molecule has 0 spiro atoms. The molecular weight excluding hydrogens is 485 g/mol. The molecule has 0 saturated heterocycles. The highest BCUT2D eigenvalue weighted by atomic mass is 15.4. The molecule has 4 heteroatoms. The Morgan fingerprint density at radius 2 is 0.875 bits per heavy atom. The Bertz CT molecular complexity index is 1440. The number of rotatable bonds is 6. The molecular formula is C36H36BN3. The largest absolute Gasteiger partial charge is 0.274 e. The van der Waals surface area contributed by atoms with Crippen molar-refractivity contribution in [2.75, 3.05) is 0 Å². The molecule has 0 saturated carbocycles. The number of hydrogen-bond acceptors (Lipinski definition) is 1. The van der Waals surface area contributed by atoms with Gasteiger partial charge < -0.3 is 0 Å². The predicted molar refractivity (Wildman–Crippen MR) is 168 cm³/mol. The maximum atomic E-state index is 4.34. The molecule has 198 valence electrons. The van der Waals surface area contributed by atoms with E-state index < -0.39 is 6.15 Å². The quantitative estimate of drug-likeness (QED) is 0.230. The van der Waals surface area contributed by atoms with Crippen molar-refractivity contribution in [3.05, 3.63) is 169 Å². The first-order valence-corrected chi connectivity index (χ1v) is 13.9. The van der Waals surface area contributed by atoms with Crippen LogP contribution in [0.25, 0.3) is 0 Å². The minimum absolute atomic E-state index is 0.333. The molecule has 3 nitrogen and oxygen atoms in total. The van der Waals surface area contributed by atoms with Crippen molar-refractivity contribution in [2.24, 2.45) is 7.05 Å². The van der Waals surface area contributed by atoms with Crippen molar-refractivity contribution < 1.29 is 4.57 Å². The van der Waals surface area contributed by atoms with Crippen LogP contribution in [0.15, 0.2) is 158 Å². The topological polar surface area (TPSA) is 21.7 Å². The normalized spacial score (nSPS) is 11.8. The van der Waals surface area contributed by atoms with Gasteiger partial charge in [-0.2, -0.15) is 21.9 Å². The molecule has 0 amide bonds. The van der Waals surface area contributed by atoms with E-state index in [1.165, 1.54) is 27.4 Å². The fraction of sp³-hybridized carbons (Fsp3) is 0.111. The Balaban J connectivity index is 0.000000184. The van der Waals surface area contributed by atoms with Gasteiger partial charge >= 0.3 is 0 Å². The lowest BCUT2D eigenvalue weighted by molar-refractivity contribution is -0.716. The second-order valence-corrected chi connectivity index (χ2v) is 10.3. The highest BCUT2D eigenvalue weighted by molar-refractivity contribution is 7.19. The van der Waals surface area contributed by atoms with Gasteiger partial charge in [0.05, 0.1) is 7.05 Å². The Morgan fingerprint density at radius 1 is 0.550 bits per heavy atom. The average molecular weight is 522 g/mol. The van der Waals surface area contributed by atoms with E-state index in [4.69, 9.17) is 0 Å². The Hall–Kier alpha value is -4.70. The summed E-state index contributed by atoms with van der Waals surface area (Å²) in [5, 5.41) is 4.34. The lowest BCUT2D eigenvalue weighted by atomic mass is 9.13. The van der Waals surface area contributed by atoms with Gasteiger partial charge in [0.2, 0.25) is 6.33 Å². The van der Waals surface area contributed by atoms with Gasteiger partial charge in [0.15, 0.2) is 0 Å². The summed E-state index contributed by atoms with van der Waals surface area (Å²) in [7, 11) is 1.95. The summed E-state index contributed by atoms with van der Waals surface area (Å²) in [6.45, 7) is 4.21. The standard InChI is InChI=1S/C24H20B.C12H16N3/c1-5-13-21(14-6-1)25(22-15-7-2-8-16-22,23-17-9-3-10-18-23)24-19-11-4-12-20-24;1-10(12-7-5-4-6-8-12)15-9-14(3)13-11(15)2/h1-20H;4-10H,1-3H3/q-1;+1/t;10-/m.1/s1. The second kappa shape index (κ2) is 12.4. The van der Waals surface area contributed by atoms with E-state index in [1.807, 2.05) is 31.0 Å². The van der Waals surface area contributed by atoms with E-state index in [1.54, 1.807) is 0 Å². The van der Waals surface area contributed by atoms with Crippen LogP contribution in [0.3, 0.4) is 0 Å². The van der Waals surface area contributed by atoms with E-state index in [2.05, 4.69) is 162 Å². The molecule has 6 rings (SSSR count).